The smallest absolute Gasteiger partial charge is 0.0487 e. The van der Waals surface area contributed by atoms with Gasteiger partial charge in [-0.05, 0) is 19.3 Å². The summed E-state index contributed by atoms with van der Waals surface area (Å²) in [5.74, 6) is 0. The molecule has 0 saturated carbocycles. The Bertz CT molecular complexity index is 58.4. The molecule has 0 aromatic heterocycles. The van der Waals surface area contributed by atoms with Crippen molar-refractivity contribution in [2.45, 2.75) is 19.3 Å². The first-order valence-corrected chi connectivity index (χ1v) is 4.09. The molecule has 0 unspecified atom stereocenters. The molecule has 0 radical (unpaired) electrons. The highest BCUT2D eigenvalue weighted by atomic mass is 16.5. The van der Waals surface area contributed by atoms with Gasteiger partial charge in [-0.25, -0.2) is 0 Å². The van der Waals surface area contributed by atoms with Crippen LogP contribution in [0.2, 0.25) is 0 Å². The van der Waals surface area contributed by atoms with Crippen molar-refractivity contribution in [2.24, 2.45) is 0 Å². The van der Waals surface area contributed by atoms with Crippen LogP contribution in [-0.4, -0.2) is 38.6 Å². The van der Waals surface area contributed by atoms with E-state index in [9.17, 15) is 0 Å². The molecule has 0 aliphatic rings. The molecule has 0 fully saturated rings. The van der Waals surface area contributed by atoms with Crippen LogP contribution in [0.3, 0.4) is 0 Å². The second-order valence-electron chi connectivity index (χ2n) is 2.39. The van der Waals surface area contributed by atoms with E-state index >= 15 is 0 Å². The summed E-state index contributed by atoms with van der Waals surface area (Å²) in [4.78, 5) is 0. The molecule has 3 heteroatoms. The summed E-state index contributed by atoms with van der Waals surface area (Å²) in [5.41, 5.74) is 0. The van der Waals surface area contributed by atoms with Crippen molar-refractivity contribution in [3.05, 3.63) is 0 Å². The van der Waals surface area contributed by atoms with Crippen molar-refractivity contribution in [3.63, 3.8) is 0 Å². The monoisotopic (exact) mass is 162 g/mol. The summed E-state index contributed by atoms with van der Waals surface area (Å²) in [6.45, 7) is 2.55. The van der Waals surface area contributed by atoms with E-state index in [1.807, 2.05) is 0 Å². The highest BCUT2D eigenvalue weighted by Gasteiger charge is 1.88. The van der Waals surface area contributed by atoms with Gasteiger partial charge in [0.25, 0.3) is 0 Å². The van der Waals surface area contributed by atoms with Crippen molar-refractivity contribution in [1.29, 1.82) is 0 Å². The fraction of sp³-hybridized carbons (Fsp3) is 1.00. The SMILES string of the molecule is COCCCOCCCCO. The minimum atomic E-state index is 0.265. The molecule has 68 valence electrons. The van der Waals surface area contributed by atoms with E-state index in [-0.39, 0.29) is 6.61 Å². The lowest BCUT2D eigenvalue weighted by Gasteiger charge is -2.01. The Morgan fingerprint density at radius 2 is 1.73 bits per heavy atom. The second-order valence-corrected chi connectivity index (χ2v) is 2.39. The molecule has 0 amide bonds. The van der Waals surface area contributed by atoms with Gasteiger partial charge in [0.1, 0.15) is 0 Å². The Labute approximate surface area is 68.3 Å². The molecule has 0 aromatic rings. The Balaban J connectivity index is 2.69. The van der Waals surface area contributed by atoms with E-state index in [1.165, 1.54) is 0 Å². The van der Waals surface area contributed by atoms with Crippen LogP contribution in [0, 0.1) is 0 Å². The van der Waals surface area contributed by atoms with E-state index < -0.39 is 0 Å². The molecule has 0 bridgehead atoms. The topological polar surface area (TPSA) is 38.7 Å². The molecule has 3 nitrogen and oxygen atoms in total. The maximum atomic E-state index is 8.43. The molecule has 0 aliphatic heterocycles. The summed E-state index contributed by atoms with van der Waals surface area (Å²) < 4.78 is 10.1. The average Bonchev–Trinajstić information content (AvgIpc) is 2.03. The van der Waals surface area contributed by atoms with Crippen molar-refractivity contribution in [1.82, 2.24) is 0 Å². The van der Waals surface area contributed by atoms with Crippen LogP contribution < -0.4 is 0 Å². The number of hydrogen-bond acceptors (Lipinski definition) is 3. The van der Waals surface area contributed by atoms with Crippen LogP contribution in [0.15, 0.2) is 0 Å². The van der Waals surface area contributed by atoms with Gasteiger partial charge < -0.3 is 14.6 Å². The molecule has 11 heavy (non-hydrogen) atoms. The van der Waals surface area contributed by atoms with Gasteiger partial charge in [-0.1, -0.05) is 0 Å². The molecule has 0 spiro atoms. The van der Waals surface area contributed by atoms with Crippen molar-refractivity contribution >= 4 is 0 Å². The number of aliphatic hydroxyl groups excluding tert-OH is 1. The summed E-state index contributed by atoms with van der Waals surface area (Å²) in [6, 6.07) is 0. The maximum Gasteiger partial charge on any atom is 0.0487 e. The number of unbranched alkanes of at least 4 members (excludes halogenated alkanes) is 1. The van der Waals surface area contributed by atoms with Gasteiger partial charge in [0.2, 0.25) is 0 Å². The van der Waals surface area contributed by atoms with E-state index in [4.69, 9.17) is 14.6 Å². The van der Waals surface area contributed by atoms with Crippen LogP contribution in [-0.2, 0) is 9.47 Å². The normalized spacial score (nSPS) is 10.4. The van der Waals surface area contributed by atoms with Crippen molar-refractivity contribution in [3.8, 4) is 0 Å². The molecule has 0 atom stereocenters. The molecule has 0 aromatic carbocycles. The highest BCUT2D eigenvalue weighted by molar-refractivity contribution is 4.37. The maximum absolute atomic E-state index is 8.43. The minimum Gasteiger partial charge on any atom is -0.396 e. The van der Waals surface area contributed by atoms with Crippen molar-refractivity contribution < 1.29 is 14.6 Å². The summed E-state index contributed by atoms with van der Waals surface area (Å²) in [5, 5.41) is 8.43. The lowest BCUT2D eigenvalue weighted by atomic mass is 10.3. The zero-order chi connectivity index (χ0) is 8.36. The Morgan fingerprint density at radius 3 is 2.36 bits per heavy atom. The number of aliphatic hydroxyl groups is 1. The van der Waals surface area contributed by atoms with Gasteiger partial charge in [-0.3, -0.25) is 0 Å². The quantitative estimate of drug-likeness (QED) is 0.537. The summed E-state index contributed by atoms with van der Waals surface area (Å²) in [6.07, 6.45) is 2.74. The van der Waals surface area contributed by atoms with E-state index in [1.54, 1.807) is 7.11 Å². The van der Waals surface area contributed by atoms with Gasteiger partial charge in [0.15, 0.2) is 0 Å². The molecule has 0 aliphatic carbocycles. The van der Waals surface area contributed by atoms with Gasteiger partial charge >= 0.3 is 0 Å². The lowest BCUT2D eigenvalue weighted by Crippen LogP contribution is -2.00. The Kier molecular flexibility index (Phi) is 9.77. The number of hydrogen-bond donors (Lipinski definition) is 1. The van der Waals surface area contributed by atoms with Gasteiger partial charge in [-0.2, -0.15) is 0 Å². The largest absolute Gasteiger partial charge is 0.396 e. The van der Waals surface area contributed by atoms with Crippen LogP contribution >= 0.6 is 0 Å². The summed E-state index contributed by atoms with van der Waals surface area (Å²) in [7, 11) is 1.69. The van der Waals surface area contributed by atoms with E-state index in [0.29, 0.717) is 0 Å². The molecule has 1 N–H and O–H groups in total. The van der Waals surface area contributed by atoms with Crippen LogP contribution in [0.4, 0.5) is 0 Å². The van der Waals surface area contributed by atoms with Gasteiger partial charge in [-0.15, -0.1) is 0 Å². The van der Waals surface area contributed by atoms with E-state index in [0.717, 1.165) is 39.1 Å². The third kappa shape index (κ3) is 9.88. The standard InChI is InChI=1S/C8H18O3/c1-10-6-4-8-11-7-3-2-5-9/h9H,2-8H2,1H3. The number of rotatable bonds is 8. The summed E-state index contributed by atoms with van der Waals surface area (Å²) >= 11 is 0. The van der Waals surface area contributed by atoms with Crippen molar-refractivity contribution in [2.75, 3.05) is 33.5 Å². The Morgan fingerprint density at radius 1 is 1.00 bits per heavy atom. The van der Waals surface area contributed by atoms with E-state index in [2.05, 4.69) is 0 Å². The molecule has 0 heterocycles. The second kappa shape index (κ2) is 9.88. The van der Waals surface area contributed by atoms with Gasteiger partial charge in [0.05, 0.1) is 0 Å². The molecule has 0 rings (SSSR count). The fourth-order valence-corrected chi connectivity index (χ4v) is 0.723. The average molecular weight is 162 g/mol. The van der Waals surface area contributed by atoms with Gasteiger partial charge in [0, 0.05) is 33.5 Å². The van der Waals surface area contributed by atoms with Crippen LogP contribution in [0.25, 0.3) is 0 Å². The molecular weight excluding hydrogens is 144 g/mol. The zero-order valence-corrected chi connectivity index (χ0v) is 7.21. The predicted octanol–water partition coefficient (Wildman–Crippen LogP) is 0.812. The number of methoxy groups -OCH3 is 1. The minimum absolute atomic E-state index is 0.265. The van der Waals surface area contributed by atoms with Crippen LogP contribution in [0.1, 0.15) is 19.3 Å². The predicted molar refractivity (Wildman–Crippen MR) is 43.6 cm³/mol. The van der Waals surface area contributed by atoms with Crippen LogP contribution in [0.5, 0.6) is 0 Å². The Hall–Kier alpha value is -0.120. The fourth-order valence-electron chi connectivity index (χ4n) is 0.723. The number of ether oxygens (including phenoxy) is 2. The third-order valence-electron chi connectivity index (χ3n) is 1.33. The first-order valence-electron chi connectivity index (χ1n) is 4.09. The first kappa shape index (κ1) is 10.9. The first-order chi connectivity index (χ1) is 5.41. The molecule has 0 saturated heterocycles. The molecular formula is C8H18O3. The zero-order valence-electron chi connectivity index (χ0n) is 7.21. The third-order valence-corrected chi connectivity index (χ3v) is 1.33. The lowest BCUT2D eigenvalue weighted by molar-refractivity contribution is 0.0976. The highest BCUT2D eigenvalue weighted by Crippen LogP contribution is 1.90.